The lowest BCUT2D eigenvalue weighted by Crippen LogP contribution is -2.36. The second kappa shape index (κ2) is 9.44. The minimum Gasteiger partial charge on any atom is -0.482 e. The summed E-state index contributed by atoms with van der Waals surface area (Å²) < 4.78 is 5.36. The summed E-state index contributed by atoms with van der Waals surface area (Å²) in [7, 11) is 0. The fourth-order valence-corrected chi connectivity index (χ4v) is 3.15. The largest absolute Gasteiger partial charge is 0.482 e. The van der Waals surface area contributed by atoms with Gasteiger partial charge in [0.1, 0.15) is 5.75 Å². The first-order valence-corrected chi connectivity index (χ1v) is 9.41. The molecule has 3 rings (SSSR count). The topological polar surface area (TPSA) is 67.4 Å². The maximum Gasteiger partial charge on any atom is 0.258 e. The maximum absolute atomic E-state index is 12.4. The molecule has 0 fully saturated rings. The number of hydrogen-bond donors (Lipinski definition) is 2. The number of nitrogens with one attached hydrogen (secondary N) is 2. The number of rotatable bonds is 7. The normalized spacial score (nSPS) is 10.5. The smallest absolute Gasteiger partial charge is 0.258 e. The van der Waals surface area contributed by atoms with Crippen molar-refractivity contribution in [3.63, 3.8) is 0 Å². The summed E-state index contributed by atoms with van der Waals surface area (Å²) in [5.41, 5.74) is 0.602. The Morgan fingerprint density at radius 3 is 2.46 bits per heavy atom. The molecule has 7 heteroatoms. The summed E-state index contributed by atoms with van der Waals surface area (Å²) in [6, 6.07) is 18.0. The molecular weight excluding hydrogens is 399 g/mol. The lowest BCUT2D eigenvalue weighted by Gasteiger charge is -2.10. The van der Waals surface area contributed by atoms with Crippen LogP contribution in [-0.2, 0) is 4.79 Å². The number of amides is 2. The van der Waals surface area contributed by atoms with Crippen molar-refractivity contribution in [3.05, 3.63) is 76.3 Å². The third-order valence-corrected chi connectivity index (χ3v) is 4.55. The molecule has 144 valence electrons. The quantitative estimate of drug-likeness (QED) is 0.570. The summed E-state index contributed by atoms with van der Waals surface area (Å²) in [5.74, 6) is -0.119. The molecule has 0 aliphatic rings. The molecule has 0 bridgehead atoms. The highest BCUT2D eigenvalue weighted by atomic mass is 35.5. The van der Waals surface area contributed by atoms with Crippen molar-refractivity contribution in [2.24, 2.45) is 0 Å². The van der Waals surface area contributed by atoms with Gasteiger partial charge in [0.05, 0.1) is 5.02 Å². The molecule has 5 nitrogen and oxygen atoms in total. The van der Waals surface area contributed by atoms with Crippen LogP contribution < -0.4 is 15.4 Å². The molecule has 0 heterocycles. The Hall–Kier alpha value is -2.76. The van der Waals surface area contributed by atoms with Gasteiger partial charge in [-0.05, 0) is 35.0 Å². The van der Waals surface area contributed by atoms with Gasteiger partial charge in [0.2, 0.25) is 0 Å². The number of carbonyl (C=O) groups is 2. The van der Waals surface area contributed by atoms with Crippen LogP contribution in [0.2, 0.25) is 10.0 Å². The van der Waals surface area contributed by atoms with Gasteiger partial charge in [-0.2, -0.15) is 0 Å². The standard InChI is InChI=1S/C21H18Cl2N2O3/c22-15-8-9-19(18(23)12-15)28-13-20(26)24-10-11-25-21(27)17-7-3-5-14-4-1-2-6-16(14)17/h1-9,12H,10-11,13H2,(H,24,26)(H,25,27). The van der Waals surface area contributed by atoms with E-state index in [-0.39, 0.29) is 25.0 Å². The Labute approximate surface area is 172 Å². The first-order chi connectivity index (χ1) is 13.5. The molecule has 2 amide bonds. The molecule has 0 aliphatic carbocycles. The SMILES string of the molecule is O=C(COc1ccc(Cl)cc1Cl)NCCNC(=O)c1cccc2ccccc12. The highest BCUT2D eigenvalue weighted by molar-refractivity contribution is 6.35. The van der Waals surface area contributed by atoms with Crippen molar-refractivity contribution in [2.45, 2.75) is 0 Å². The van der Waals surface area contributed by atoms with E-state index in [1.807, 2.05) is 36.4 Å². The first-order valence-electron chi connectivity index (χ1n) is 8.65. The molecule has 0 saturated carbocycles. The lowest BCUT2D eigenvalue weighted by atomic mass is 10.0. The van der Waals surface area contributed by atoms with Crippen molar-refractivity contribution >= 4 is 45.8 Å². The van der Waals surface area contributed by atoms with E-state index in [1.54, 1.807) is 24.3 Å². The highest BCUT2D eigenvalue weighted by Gasteiger charge is 2.10. The molecule has 0 aromatic heterocycles. The first kappa shape index (κ1) is 20.0. The Kier molecular flexibility index (Phi) is 6.74. The molecule has 0 radical (unpaired) electrons. The van der Waals surface area contributed by atoms with Crippen LogP contribution in [0.5, 0.6) is 5.75 Å². The number of benzene rings is 3. The molecule has 0 spiro atoms. The Balaban J connectivity index is 1.43. The van der Waals surface area contributed by atoms with Gasteiger partial charge in [-0.15, -0.1) is 0 Å². The summed E-state index contributed by atoms with van der Waals surface area (Å²) in [6.07, 6.45) is 0. The summed E-state index contributed by atoms with van der Waals surface area (Å²) in [6.45, 7) is 0.404. The zero-order valence-electron chi connectivity index (χ0n) is 14.9. The molecule has 2 N–H and O–H groups in total. The molecule has 28 heavy (non-hydrogen) atoms. The van der Waals surface area contributed by atoms with Gasteiger partial charge in [0, 0.05) is 23.7 Å². The van der Waals surface area contributed by atoms with E-state index in [9.17, 15) is 9.59 Å². The van der Waals surface area contributed by atoms with Crippen molar-refractivity contribution in [2.75, 3.05) is 19.7 Å². The van der Waals surface area contributed by atoms with Crippen LogP contribution >= 0.6 is 23.2 Å². The van der Waals surface area contributed by atoms with Gasteiger partial charge in [0.15, 0.2) is 6.61 Å². The van der Waals surface area contributed by atoms with E-state index in [4.69, 9.17) is 27.9 Å². The van der Waals surface area contributed by atoms with E-state index in [2.05, 4.69) is 10.6 Å². The third-order valence-electron chi connectivity index (χ3n) is 4.02. The predicted octanol–water partition coefficient (Wildman–Crippen LogP) is 4.07. The van der Waals surface area contributed by atoms with Gasteiger partial charge < -0.3 is 15.4 Å². The Bertz CT molecular complexity index is 1000. The molecule has 0 saturated heterocycles. The number of hydrogen-bond acceptors (Lipinski definition) is 3. The van der Waals surface area contributed by atoms with Crippen LogP contribution in [0.3, 0.4) is 0 Å². The second-order valence-electron chi connectivity index (χ2n) is 6.00. The number of halogens is 2. The van der Waals surface area contributed by atoms with E-state index in [1.165, 1.54) is 0 Å². The minimum absolute atomic E-state index is 0.182. The minimum atomic E-state index is -0.314. The van der Waals surface area contributed by atoms with Gasteiger partial charge >= 0.3 is 0 Å². The molecule has 0 atom stereocenters. The van der Waals surface area contributed by atoms with E-state index >= 15 is 0 Å². The zero-order chi connectivity index (χ0) is 19.9. The summed E-state index contributed by atoms with van der Waals surface area (Å²) >= 11 is 11.8. The van der Waals surface area contributed by atoms with E-state index in [0.717, 1.165) is 10.8 Å². The predicted molar refractivity (Wildman–Crippen MR) is 111 cm³/mol. The monoisotopic (exact) mass is 416 g/mol. The van der Waals surface area contributed by atoms with E-state index in [0.29, 0.717) is 27.9 Å². The van der Waals surface area contributed by atoms with E-state index < -0.39 is 0 Å². The van der Waals surface area contributed by atoms with Crippen LogP contribution in [0.1, 0.15) is 10.4 Å². The fraction of sp³-hybridized carbons (Fsp3) is 0.143. The Morgan fingerprint density at radius 1 is 0.893 bits per heavy atom. The fourth-order valence-electron chi connectivity index (χ4n) is 2.68. The molecule has 3 aromatic rings. The zero-order valence-corrected chi connectivity index (χ0v) is 16.4. The number of carbonyl (C=O) groups excluding carboxylic acids is 2. The lowest BCUT2D eigenvalue weighted by molar-refractivity contribution is -0.123. The van der Waals surface area contributed by atoms with Crippen LogP contribution in [0.25, 0.3) is 10.8 Å². The van der Waals surface area contributed by atoms with Crippen molar-refractivity contribution in [3.8, 4) is 5.75 Å². The van der Waals surface area contributed by atoms with Crippen LogP contribution in [0.4, 0.5) is 0 Å². The molecule has 0 aliphatic heterocycles. The van der Waals surface area contributed by atoms with Gasteiger partial charge in [0.25, 0.3) is 11.8 Å². The van der Waals surface area contributed by atoms with Gasteiger partial charge in [-0.1, -0.05) is 59.6 Å². The second-order valence-corrected chi connectivity index (χ2v) is 6.84. The average molecular weight is 417 g/mol. The van der Waals surface area contributed by atoms with Gasteiger partial charge in [-0.3, -0.25) is 9.59 Å². The van der Waals surface area contributed by atoms with Crippen molar-refractivity contribution < 1.29 is 14.3 Å². The average Bonchev–Trinajstić information content (AvgIpc) is 2.70. The Morgan fingerprint density at radius 2 is 1.64 bits per heavy atom. The van der Waals surface area contributed by atoms with Crippen molar-refractivity contribution in [1.29, 1.82) is 0 Å². The number of fused-ring (bicyclic) bond motifs is 1. The summed E-state index contributed by atoms with van der Waals surface area (Å²) in [4.78, 5) is 24.3. The van der Waals surface area contributed by atoms with Crippen molar-refractivity contribution in [1.82, 2.24) is 10.6 Å². The summed E-state index contributed by atoms with van der Waals surface area (Å²) in [5, 5.41) is 8.20. The molecule has 3 aromatic carbocycles. The third kappa shape index (κ3) is 5.15. The highest BCUT2D eigenvalue weighted by Crippen LogP contribution is 2.27. The van der Waals surface area contributed by atoms with Crippen LogP contribution in [0.15, 0.2) is 60.7 Å². The van der Waals surface area contributed by atoms with Gasteiger partial charge in [-0.25, -0.2) is 0 Å². The maximum atomic E-state index is 12.4. The van der Waals surface area contributed by atoms with Crippen LogP contribution in [-0.4, -0.2) is 31.5 Å². The molecular formula is C21H18Cl2N2O3. The number of ether oxygens (including phenoxy) is 1. The van der Waals surface area contributed by atoms with Crippen LogP contribution in [0, 0.1) is 0 Å². The molecule has 0 unspecified atom stereocenters.